The van der Waals surface area contributed by atoms with Crippen LogP contribution in [0.2, 0.25) is 0 Å². The lowest BCUT2D eigenvalue weighted by Gasteiger charge is -2.39. The molecule has 3 saturated heterocycles. The summed E-state index contributed by atoms with van der Waals surface area (Å²) in [6.45, 7) is 9.10. The molecule has 0 radical (unpaired) electrons. The highest BCUT2D eigenvalue weighted by molar-refractivity contribution is 5.89. The van der Waals surface area contributed by atoms with Crippen LogP contribution in [-0.4, -0.2) is 103 Å². The summed E-state index contributed by atoms with van der Waals surface area (Å²) in [4.78, 5) is 44.4. The molecule has 0 aromatic rings. The van der Waals surface area contributed by atoms with Crippen LogP contribution in [0, 0.1) is 5.92 Å². The van der Waals surface area contributed by atoms with Gasteiger partial charge in [0.05, 0.1) is 19.1 Å². The Hall–Kier alpha value is -1.83. The molecule has 1 atom stereocenters. The Morgan fingerprint density at radius 3 is 2.08 bits per heavy atom. The first-order chi connectivity index (χ1) is 12.0. The minimum Gasteiger partial charge on any atom is -0.378 e. The van der Waals surface area contributed by atoms with E-state index in [0.29, 0.717) is 65.4 Å². The van der Waals surface area contributed by atoms with Gasteiger partial charge in [0, 0.05) is 58.3 Å². The van der Waals surface area contributed by atoms with Gasteiger partial charge in [0.1, 0.15) is 0 Å². The number of urea groups is 1. The summed E-state index contributed by atoms with van der Waals surface area (Å²) in [5.74, 6) is -0.124. The molecular weight excluding hydrogens is 324 g/mol. The van der Waals surface area contributed by atoms with Crippen molar-refractivity contribution in [3.05, 3.63) is 0 Å². The maximum Gasteiger partial charge on any atom is 0.320 e. The lowest BCUT2D eigenvalue weighted by molar-refractivity contribution is -0.137. The zero-order chi connectivity index (χ0) is 18.0. The number of carbonyl (C=O) groups is 3. The largest absolute Gasteiger partial charge is 0.378 e. The van der Waals surface area contributed by atoms with Crippen LogP contribution in [0.15, 0.2) is 0 Å². The van der Waals surface area contributed by atoms with E-state index in [1.165, 1.54) is 0 Å². The van der Waals surface area contributed by atoms with Gasteiger partial charge in [-0.1, -0.05) is 0 Å². The molecule has 0 aromatic heterocycles. The van der Waals surface area contributed by atoms with Crippen LogP contribution in [0.1, 0.15) is 20.3 Å². The van der Waals surface area contributed by atoms with Crippen molar-refractivity contribution in [3.8, 4) is 0 Å². The second kappa shape index (κ2) is 7.59. The summed E-state index contributed by atoms with van der Waals surface area (Å²) < 4.78 is 5.28. The highest BCUT2D eigenvalue weighted by atomic mass is 16.5. The lowest BCUT2D eigenvalue weighted by Crippen LogP contribution is -2.56. The van der Waals surface area contributed by atoms with Gasteiger partial charge in [0.25, 0.3) is 0 Å². The maximum absolute atomic E-state index is 12.7. The molecular formula is C17H28N4O4. The Kier molecular flexibility index (Phi) is 5.46. The molecule has 3 fully saturated rings. The van der Waals surface area contributed by atoms with E-state index in [2.05, 4.69) is 0 Å². The molecule has 0 saturated carbocycles. The number of hydrogen-bond donors (Lipinski definition) is 0. The Bertz CT molecular complexity index is 525. The average Bonchev–Trinajstić information content (AvgIpc) is 3.03. The average molecular weight is 352 g/mol. The Morgan fingerprint density at radius 1 is 0.960 bits per heavy atom. The molecule has 3 aliphatic rings. The molecule has 4 amide bonds. The fourth-order valence-electron chi connectivity index (χ4n) is 3.73. The van der Waals surface area contributed by atoms with Crippen LogP contribution < -0.4 is 0 Å². The minimum absolute atomic E-state index is 0.0393. The summed E-state index contributed by atoms with van der Waals surface area (Å²) in [6, 6.07) is 0.172. The molecule has 0 N–H and O–H groups in total. The Balaban J connectivity index is 1.49. The third-order valence-corrected chi connectivity index (χ3v) is 5.27. The first kappa shape index (κ1) is 18.0. The number of likely N-dealkylation sites (tertiary alicyclic amines) is 1. The van der Waals surface area contributed by atoms with Crippen LogP contribution in [0.25, 0.3) is 0 Å². The van der Waals surface area contributed by atoms with E-state index in [0.717, 1.165) is 0 Å². The van der Waals surface area contributed by atoms with Gasteiger partial charge in [-0.2, -0.15) is 0 Å². The lowest BCUT2D eigenvalue weighted by atomic mass is 10.1. The minimum atomic E-state index is -0.239. The van der Waals surface area contributed by atoms with E-state index in [4.69, 9.17) is 4.74 Å². The molecule has 0 aliphatic carbocycles. The number of piperazine rings is 1. The van der Waals surface area contributed by atoms with Gasteiger partial charge in [0.2, 0.25) is 11.8 Å². The third-order valence-electron chi connectivity index (χ3n) is 5.27. The fraction of sp³-hybridized carbons (Fsp3) is 0.824. The van der Waals surface area contributed by atoms with E-state index < -0.39 is 0 Å². The van der Waals surface area contributed by atoms with Crippen molar-refractivity contribution in [2.45, 2.75) is 26.3 Å². The topological polar surface area (TPSA) is 73.4 Å². The second-order valence-electron chi connectivity index (χ2n) is 7.24. The number of rotatable bonds is 2. The van der Waals surface area contributed by atoms with Crippen LogP contribution in [0.5, 0.6) is 0 Å². The molecule has 3 rings (SSSR count). The first-order valence-electron chi connectivity index (χ1n) is 9.17. The van der Waals surface area contributed by atoms with E-state index >= 15 is 0 Å². The molecule has 1 unspecified atom stereocenters. The van der Waals surface area contributed by atoms with Crippen molar-refractivity contribution in [2.24, 2.45) is 5.92 Å². The molecule has 8 nitrogen and oxygen atoms in total. The quantitative estimate of drug-likeness (QED) is 0.692. The fourth-order valence-corrected chi connectivity index (χ4v) is 3.73. The van der Waals surface area contributed by atoms with Crippen LogP contribution in [-0.2, 0) is 14.3 Å². The summed E-state index contributed by atoms with van der Waals surface area (Å²) in [7, 11) is 0. The van der Waals surface area contributed by atoms with Crippen molar-refractivity contribution in [2.75, 3.05) is 59.0 Å². The van der Waals surface area contributed by atoms with E-state index in [9.17, 15) is 14.4 Å². The van der Waals surface area contributed by atoms with Crippen molar-refractivity contribution in [1.29, 1.82) is 0 Å². The number of hydrogen-bond acceptors (Lipinski definition) is 4. The van der Waals surface area contributed by atoms with Crippen LogP contribution >= 0.6 is 0 Å². The van der Waals surface area contributed by atoms with Crippen molar-refractivity contribution < 1.29 is 19.1 Å². The molecule has 3 aliphatic heterocycles. The monoisotopic (exact) mass is 352 g/mol. The van der Waals surface area contributed by atoms with Gasteiger partial charge in [-0.15, -0.1) is 0 Å². The number of amides is 4. The van der Waals surface area contributed by atoms with Crippen molar-refractivity contribution >= 4 is 17.8 Å². The normalized spacial score (nSPS) is 25.1. The summed E-state index contributed by atoms with van der Waals surface area (Å²) in [6.07, 6.45) is 0.309. The van der Waals surface area contributed by atoms with E-state index in [1.807, 2.05) is 28.5 Å². The zero-order valence-corrected chi connectivity index (χ0v) is 15.1. The number of ether oxygens (including phenoxy) is 1. The molecule has 0 aromatic carbocycles. The highest BCUT2D eigenvalue weighted by Gasteiger charge is 2.38. The van der Waals surface area contributed by atoms with Gasteiger partial charge < -0.3 is 24.3 Å². The van der Waals surface area contributed by atoms with Gasteiger partial charge >= 0.3 is 6.03 Å². The first-order valence-corrected chi connectivity index (χ1v) is 9.17. The van der Waals surface area contributed by atoms with Gasteiger partial charge in [0.15, 0.2) is 0 Å². The standard InChI is InChI=1S/C17H28N4O4/c1-13(2)21-12-14(11-15(21)22)16(23)18-3-5-19(6-4-18)17(24)20-7-9-25-10-8-20/h13-14H,3-12H2,1-2H3. The van der Waals surface area contributed by atoms with Gasteiger partial charge in [-0.3, -0.25) is 9.59 Å². The van der Waals surface area contributed by atoms with E-state index in [1.54, 1.807) is 4.90 Å². The van der Waals surface area contributed by atoms with Crippen molar-refractivity contribution in [1.82, 2.24) is 19.6 Å². The Labute approximate surface area is 148 Å². The molecule has 0 spiro atoms. The second-order valence-corrected chi connectivity index (χ2v) is 7.24. The summed E-state index contributed by atoms with van der Waals surface area (Å²) in [5.41, 5.74) is 0. The molecule has 8 heteroatoms. The summed E-state index contributed by atoms with van der Waals surface area (Å²) >= 11 is 0. The zero-order valence-electron chi connectivity index (χ0n) is 15.1. The SMILES string of the molecule is CC(C)N1CC(C(=O)N2CCN(C(=O)N3CCOCC3)CC2)CC1=O. The highest BCUT2D eigenvalue weighted by Crippen LogP contribution is 2.23. The predicted octanol–water partition coefficient (Wildman–Crippen LogP) is -0.160. The molecule has 25 heavy (non-hydrogen) atoms. The third kappa shape index (κ3) is 3.89. The Morgan fingerprint density at radius 2 is 1.52 bits per heavy atom. The van der Waals surface area contributed by atoms with Crippen molar-refractivity contribution in [3.63, 3.8) is 0 Å². The number of carbonyl (C=O) groups excluding carboxylic acids is 3. The summed E-state index contributed by atoms with van der Waals surface area (Å²) in [5, 5.41) is 0. The van der Waals surface area contributed by atoms with Crippen LogP contribution in [0.3, 0.4) is 0 Å². The molecule has 0 bridgehead atoms. The smallest absolute Gasteiger partial charge is 0.320 e. The molecule has 140 valence electrons. The van der Waals surface area contributed by atoms with Crippen LogP contribution in [0.4, 0.5) is 4.79 Å². The van der Waals surface area contributed by atoms with Gasteiger partial charge in [-0.05, 0) is 13.8 Å². The predicted molar refractivity (Wildman–Crippen MR) is 90.9 cm³/mol. The number of morpholine rings is 1. The number of nitrogens with zero attached hydrogens (tertiary/aromatic N) is 4. The maximum atomic E-state index is 12.7. The molecule has 3 heterocycles. The van der Waals surface area contributed by atoms with E-state index in [-0.39, 0.29) is 29.8 Å². The van der Waals surface area contributed by atoms with Gasteiger partial charge in [-0.25, -0.2) is 4.79 Å².